The van der Waals surface area contributed by atoms with Gasteiger partial charge in [0.05, 0.1) is 31.2 Å². The number of unbranched alkanes of at least 4 members (excludes halogenated alkanes) is 2. The highest BCUT2D eigenvalue weighted by molar-refractivity contribution is 6.51. The first-order valence-corrected chi connectivity index (χ1v) is 13.1. The molecule has 0 aliphatic carbocycles. The van der Waals surface area contributed by atoms with Crippen molar-refractivity contribution in [2.24, 2.45) is 0 Å². The van der Waals surface area contributed by atoms with E-state index in [1.165, 1.54) is 4.90 Å². The molecule has 2 heterocycles. The standard InChI is InChI=1S/C31H32N2O6/c1-3-5-6-19-39-25-13-9-23(10-14-25)29(35)27-28(22-15-17-32-18-16-22)33(31(37)30(27)36)24-11-7-21(8-12-24)20-26(34)38-4-2/h7-18,28,35H,3-6,19-20H2,1-2H3/b29-27-. The molecule has 4 rings (SSSR count). The maximum absolute atomic E-state index is 13.3. The van der Waals surface area contributed by atoms with Gasteiger partial charge in [-0.05, 0) is 73.0 Å². The molecule has 1 aromatic heterocycles. The first-order chi connectivity index (χ1) is 18.9. The second kappa shape index (κ2) is 12.9. The van der Waals surface area contributed by atoms with E-state index in [0.717, 1.165) is 19.3 Å². The third-order valence-electron chi connectivity index (χ3n) is 6.48. The molecule has 0 saturated carbocycles. The molecule has 2 aromatic carbocycles. The van der Waals surface area contributed by atoms with Gasteiger partial charge in [0.2, 0.25) is 0 Å². The van der Waals surface area contributed by atoms with Gasteiger partial charge < -0.3 is 14.6 Å². The molecule has 3 aromatic rings. The number of aromatic nitrogens is 1. The number of aliphatic hydroxyl groups excluding tert-OH is 1. The Hall–Kier alpha value is -4.46. The van der Waals surface area contributed by atoms with E-state index in [-0.39, 0.29) is 23.7 Å². The molecule has 8 heteroatoms. The summed E-state index contributed by atoms with van der Waals surface area (Å²) in [6.07, 6.45) is 6.38. The number of nitrogens with zero attached hydrogens (tertiary/aromatic N) is 2. The van der Waals surface area contributed by atoms with Crippen LogP contribution >= 0.6 is 0 Å². The van der Waals surface area contributed by atoms with Gasteiger partial charge in [-0.3, -0.25) is 24.3 Å². The zero-order valence-electron chi connectivity index (χ0n) is 22.1. The summed E-state index contributed by atoms with van der Waals surface area (Å²) < 4.78 is 10.8. The molecule has 202 valence electrons. The summed E-state index contributed by atoms with van der Waals surface area (Å²) >= 11 is 0. The highest BCUT2D eigenvalue weighted by Gasteiger charge is 2.47. The lowest BCUT2D eigenvalue weighted by Gasteiger charge is -2.25. The Morgan fingerprint density at radius 2 is 1.64 bits per heavy atom. The van der Waals surface area contributed by atoms with Crippen LogP contribution in [0.3, 0.4) is 0 Å². The van der Waals surface area contributed by atoms with Crippen molar-refractivity contribution in [3.8, 4) is 5.75 Å². The van der Waals surface area contributed by atoms with Gasteiger partial charge in [-0.15, -0.1) is 0 Å². The molecule has 1 fully saturated rings. The van der Waals surface area contributed by atoms with E-state index in [0.29, 0.717) is 41.3 Å². The minimum atomic E-state index is -0.867. The molecular weight excluding hydrogens is 496 g/mol. The fourth-order valence-electron chi connectivity index (χ4n) is 4.52. The monoisotopic (exact) mass is 528 g/mol. The van der Waals surface area contributed by atoms with Crippen LogP contribution in [0.1, 0.15) is 55.8 Å². The smallest absolute Gasteiger partial charge is 0.310 e. The van der Waals surface area contributed by atoms with Gasteiger partial charge in [-0.2, -0.15) is 0 Å². The second-order valence-electron chi connectivity index (χ2n) is 9.18. The number of ether oxygens (including phenoxy) is 2. The SMILES string of the molecule is CCCCCOc1ccc(/C(O)=C2/C(=O)C(=O)N(c3ccc(CC(=O)OCC)cc3)C2c2ccncc2)cc1. The van der Waals surface area contributed by atoms with Gasteiger partial charge in [0.25, 0.3) is 11.7 Å². The lowest BCUT2D eigenvalue weighted by Crippen LogP contribution is -2.29. The van der Waals surface area contributed by atoms with E-state index in [1.807, 2.05) is 0 Å². The highest BCUT2D eigenvalue weighted by atomic mass is 16.5. The van der Waals surface area contributed by atoms with Gasteiger partial charge in [0.1, 0.15) is 11.5 Å². The molecular formula is C31H32N2O6. The Balaban J connectivity index is 1.68. The van der Waals surface area contributed by atoms with Crippen LogP contribution in [0.5, 0.6) is 5.75 Å². The Labute approximate surface area is 227 Å². The fraction of sp³-hybridized carbons (Fsp3) is 0.290. The second-order valence-corrected chi connectivity index (χ2v) is 9.18. The van der Waals surface area contributed by atoms with E-state index in [4.69, 9.17) is 9.47 Å². The minimum Gasteiger partial charge on any atom is -0.507 e. The molecule has 0 bridgehead atoms. The van der Waals surface area contributed by atoms with E-state index in [1.54, 1.807) is 80.0 Å². The summed E-state index contributed by atoms with van der Waals surface area (Å²) in [6.45, 7) is 4.77. The molecule has 1 atom stereocenters. The summed E-state index contributed by atoms with van der Waals surface area (Å²) in [6, 6.07) is 16.2. The maximum atomic E-state index is 13.3. The van der Waals surface area contributed by atoms with Crippen molar-refractivity contribution < 1.29 is 29.0 Å². The van der Waals surface area contributed by atoms with Gasteiger partial charge >= 0.3 is 5.97 Å². The number of benzene rings is 2. The molecule has 1 unspecified atom stereocenters. The predicted octanol–water partition coefficient (Wildman–Crippen LogP) is 5.38. The van der Waals surface area contributed by atoms with E-state index in [9.17, 15) is 19.5 Å². The van der Waals surface area contributed by atoms with Crippen LogP contribution in [0.25, 0.3) is 5.76 Å². The molecule has 1 aliphatic rings. The van der Waals surface area contributed by atoms with E-state index < -0.39 is 17.7 Å². The Morgan fingerprint density at radius 3 is 2.28 bits per heavy atom. The minimum absolute atomic E-state index is 0.0154. The van der Waals surface area contributed by atoms with Gasteiger partial charge in [0, 0.05) is 23.6 Å². The maximum Gasteiger partial charge on any atom is 0.310 e. The number of amides is 1. The van der Waals surface area contributed by atoms with Crippen molar-refractivity contribution >= 4 is 29.1 Å². The van der Waals surface area contributed by atoms with Crippen molar-refractivity contribution in [1.82, 2.24) is 4.98 Å². The van der Waals surface area contributed by atoms with Crippen molar-refractivity contribution in [2.75, 3.05) is 18.1 Å². The zero-order chi connectivity index (χ0) is 27.8. The summed E-state index contributed by atoms with van der Waals surface area (Å²) in [5.74, 6) is -1.50. The van der Waals surface area contributed by atoms with Crippen LogP contribution in [0.2, 0.25) is 0 Å². The zero-order valence-corrected chi connectivity index (χ0v) is 22.1. The van der Waals surface area contributed by atoms with Crippen molar-refractivity contribution in [3.05, 3.63) is 95.3 Å². The van der Waals surface area contributed by atoms with Crippen LogP contribution in [0.15, 0.2) is 78.6 Å². The van der Waals surface area contributed by atoms with Crippen molar-refractivity contribution in [3.63, 3.8) is 0 Å². The average molecular weight is 529 g/mol. The van der Waals surface area contributed by atoms with Crippen LogP contribution < -0.4 is 9.64 Å². The molecule has 0 spiro atoms. The molecule has 0 radical (unpaired) electrons. The van der Waals surface area contributed by atoms with Crippen LogP contribution in [-0.2, 0) is 25.5 Å². The molecule has 1 N–H and O–H groups in total. The summed E-state index contributed by atoms with van der Waals surface area (Å²) in [5.41, 5.74) is 2.18. The Bertz CT molecular complexity index is 1330. The topological polar surface area (TPSA) is 106 Å². The molecule has 1 saturated heterocycles. The number of anilines is 1. The fourth-order valence-corrected chi connectivity index (χ4v) is 4.52. The summed E-state index contributed by atoms with van der Waals surface area (Å²) in [4.78, 5) is 43.9. The normalized spacial score (nSPS) is 16.4. The Morgan fingerprint density at radius 1 is 0.949 bits per heavy atom. The third-order valence-corrected chi connectivity index (χ3v) is 6.48. The highest BCUT2D eigenvalue weighted by Crippen LogP contribution is 2.42. The first kappa shape index (κ1) is 27.6. The number of ketones is 1. The van der Waals surface area contributed by atoms with Gasteiger partial charge in [-0.25, -0.2) is 0 Å². The average Bonchev–Trinajstić information content (AvgIpc) is 3.22. The van der Waals surface area contributed by atoms with Gasteiger partial charge in [0.15, 0.2) is 0 Å². The number of Topliss-reactive ketones (excluding diaryl/α,β-unsaturated/α-hetero) is 1. The number of esters is 1. The number of carbonyl (C=O) groups excluding carboxylic acids is 3. The Kier molecular flexibility index (Phi) is 9.10. The molecule has 1 aliphatic heterocycles. The number of carbonyl (C=O) groups is 3. The number of rotatable bonds is 11. The van der Waals surface area contributed by atoms with Crippen LogP contribution in [0.4, 0.5) is 5.69 Å². The lowest BCUT2D eigenvalue weighted by molar-refractivity contribution is -0.142. The van der Waals surface area contributed by atoms with Crippen LogP contribution in [-0.4, -0.2) is 41.0 Å². The lowest BCUT2D eigenvalue weighted by atomic mass is 9.95. The third kappa shape index (κ3) is 6.34. The quantitative estimate of drug-likeness (QED) is 0.117. The summed E-state index contributed by atoms with van der Waals surface area (Å²) in [5, 5.41) is 11.3. The predicted molar refractivity (Wildman–Crippen MR) is 147 cm³/mol. The summed E-state index contributed by atoms with van der Waals surface area (Å²) in [7, 11) is 0. The number of hydrogen-bond acceptors (Lipinski definition) is 7. The largest absolute Gasteiger partial charge is 0.507 e. The molecule has 8 nitrogen and oxygen atoms in total. The number of hydrogen-bond donors (Lipinski definition) is 1. The van der Waals surface area contributed by atoms with Crippen LogP contribution in [0, 0.1) is 0 Å². The number of pyridine rings is 1. The first-order valence-electron chi connectivity index (χ1n) is 13.1. The number of aliphatic hydroxyl groups is 1. The molecule has 39 heavy (non-hydrogen) atoms. The van der Waals surface area contributed by atoms with E-state index >= 15 is 0 Å². The van der Waals surface area contributed by atoms with Gasteiger partial charge in [-0.1, -0.05) is 31.9 Å². The molecule has 1 amide bonds. The van der Waals surface area contributed by atoms with Crippen molar-refractivity contribution in [1.29, 1.82) is 0 Å². The van der Waals surface area contributed by atoms with Crippen molar-refractivity contribution in [2.45, 2.75) is 45.6 Å². The van der Waals surface area contributed by atoms with E-state index in [2.05, 4.69) is 11.9 Å².